The molecule has 1 saturated heterocycles. The van der Waals surface area contributed by atoms with Gasteiger partial charge in [-0.15, -0.1) is 0 Å². The van der Waals surface area contributed by atoms with Crippen LogP contribution in [0, 0.1) is 0 Å². The molecule has 2 aromatic rings. The molecule has 1 aliphatic heterocycles. The number of sulfonamides is 2. The molecule has 180 valence electrons. The Balaban J connectivity index is 1.72. The molecule has 1 fully saturated rings. The number of para-hydroxylation sites is 2. The predicted octanol–water partition coefficient (Wildman–Crippen LogP) is 2.02. The molecule has 1 amide bonds. The van der Waals surface area contributed by atoms with Gasteiger partial charge in [-0.3, -0.25) is 9.10 Å². The molecule has 0 N–H and O–H groups in total. The second-order valence-corrected chi connectivity index (χ2v) is 12.0. The van der Waals surface area contributed by atoms with Crippen LogP contribution in [0.15, 0.2) is 53.4 Å². The summed E-state index contributed by atoms with van der Waals surface area (Å²) in [5.41, 5.74) is 0.783. The fourth-order valence-corrected chi connectivity index (χ4v) is 5.79. The zero-order chi connectivity index (χ0) is 24.4. The zero-order valence-corrected chi connectivity index (χ0v) is 20.8. The van der Waals surface area contributed by atoms with E-state index in [1.807, 2.05) is 0 Å². The number of carbonyl (C=O) groups is 1. The summed E-state index contributed by atoms with van der Waals surface area (Å²) in [7, 11) is -2.66. The molecule has 0 aromatic heterocycles. The van der Waals surface area contributed by atoms with E-state index in [0.29, 0.717) is 42.9 Å². The Labute approximate surface area is 195 Å². The number of nitrogens with zero attached hydrogens (tertiary/aromatic N) is 3. The first-order chi connectivity index (χ1) is 15.5. The van der Waals surface area contributed by atoms with Crippen LogP contribution in [-0.2, 0) is 20.0 Å². The maximum absolute atomic E-state index is 13.1. The lowest BCUT2D eigenvalue weighted by Crippen LogP contribution is -2.47. The number of anilines is 1. The zero-order valence-electron chi connectivity index (χ0n) is 19.1. The first-order valence-electron chi connectivity index (χ1n) is 10.4. The molecular weight excluding hydrogens is 466 g/mol. The van der Waals surface area contributed by atoms with Crippen molar-refractivity contribution in [1.29, 1.82) is 0 Å². The average Bonchev–Trinajstić information content (AvgIpc) is 2.82. The highest BCUT2D eigenvalue weighted by Crippen LogP contribution is 2.31. The van der Waals surface area contributed by atoms with E-state index >= 15 is 0 Å². The summed E-state index contributed by atoms with van der Waals surface area (Å²) >= 11 is 0. The van der Waals surface area contributed by atoms with Crippen molar-refractivity contribution in [1.82, 2.24) is 9.21 Å². The number of rotatable bonds is 7. The number of carbonyl (C=O) groups excluding carboxylic acids is 1. The van der Waals surface area contributed by atoms with Crippen molar-refractivity contribution >= 4 is 31.6 Å². The molecule has 0 atom stereocenters. The van der Waals surface area contributed by atoms with Gasteiger partial charge >= 0.3 is 0 Å². The Morgan fingerprint density at radius 3 is 2.09 bits per heavy atom. The second-order valence-electron chi connectivity index (χ2n) is 7.97. The summed E-state index contributed by atoms with van der Waals surface area (Å²) in [4.78, 5) is 14.6. The van der Waals surface area contributed by atoms with Crippen LogP contribution in [-0.4, -0.2) is 78.5 Å². The summed E-state index contributed by atoms with van der Waals surface area (Å²) in [5.74, 6) is 0.220. The summed E-state index contributed by atoms with van der Waals surface area (Å²) in [5, 5.41) is 0. The number of amides is 1. The van der Waals surface area contributed by atoms with Crippen molar-refractivity contribution in [3.8, 4) is 5.75 Å². The van der Waals surface area contributed by atoms with E-state index in [1.54, 1.807) is 36.2 Å². The van der Waals surface area contributed by atoms with E-state index in [-0.39, 0.29) is 16.8 Å². The molecule has 9 nitrogen and oxygen atoms in total. The molecule has 2 aromatic carbocycles. The maximum Gasteiger partial charge on any atom is 0.264 e. The third-order valence-corrected chi connectivity index (χ3v) is 9.10. The Kier molecular flexibility index (Phi) is 7.35. The van der Waals surface area contributed by atoms with Crippen LogP contribution in [0.25, 0.3) is 0 Å². The highest BCUT2D eigenvalue weighted by Gasteiger charge is 2.30. The van der Waals surface area contributed by atoms with Gasteiger partial charge in [-0.25, -0.2) is 21.1 Å². The number of likely N-dealkylation sites (tertiary alicyclic amines) is 1. The molecule has 3 rings (SSSR count). The smallest absolute Gasteiger partial charge is 0.264 e. The topological polar surface area (TPSA) is 104 Å². The number of hydrogen-bond donors (Lipinski definition) is 0. The van der Waals surface area contributed by atoms with E-state index in [4.69, 9.17) is 4.74 Å². The monoisotopic (exact) mass is 495 g/mol. The van der Waals surface area contributed by atoms with Crippen LogP contribution in [0.2, 0.25) is 0 Å². The van der Waals surface area contributed by atoms with Crippen molar-refractivity contribution in [2.24, 2.45) is 0 Å². The van der Waals surface area contributed by atoms with Gasteiger partial charge in [0.25, 0.3) is 15.9 Å². The Morgan fingerprint density at radius 2 is 1.55 bits per heavy atom. The lowest BCUT2D eigenvalue weighted by molar-refractivity contribution is 0.0686. The molecule has 0 unspecified atom stereocenters. The van der Waals surface area contributed by atoms with E-state index in [0.717, 1.165) is 4.31 Å². The van der Waals surface area contributed by atoms with Gasteiger partial charge in [0.15, 0.2) is 0 Å². The first-order valence-corrected chi connectivity index (χ1v) is 13.7. The average molecular weight is 496 g/mol. The van der Waals surface area contributed by atoms with E-state index < -0.39 is 20.0 Å². The van der Waals surface area contributed by atoms with Crippen molar-refractivity contribution in [3.63, 3.8) is 0 Å². The van der Waals surface area contributed by atoms with Crippen LogP contribution in [0.5, 0.6) is 5.75 Å². The largest absolute Gasteiger partial charge is 0.495 e. The van der Waals surface area contributed by atoms with E-state index in [9.17, 15) is 21.6 Å². The second kappa shape index (κ2) is 9.70. The summed E-state index contributed by atoms with van der Waals surface area (Å²) in [6.45, 7) is 0.861. The van der Waals surface area contributed by atoms with Crippen LogP contribution in [0.1, 0.15) is 23.2 Å². The highest BCUT2D eigenvalue weighted by atomic mass is 32.2. The molecule has 0 saturated carbocycles. The van der Waals surface area contributed by atoms with Gasteiger partial charge in [0.05, 0.1) is 23.9 Å². The van der Waals surface area contributed by atoms with Crippen molar-refractivity contribution < 1.29 is 26.4 Å². The Bertz CT molecular complexity index is 1200. The molecule has 0 bridgehead atoms. The molecular formula is C22H29N3O6S2. The fourth-order valence-electron chi connectivity index (χ4n) is 3.83. The third-order valence-electron chi connectivity index (χ3n) is 5.97. The first kappa shape index (κ1) is 25.0. The number of benzene rings is 2. The highest BCUT2D eigenvalue weighted by molar-refractivity contribution is 7.92. The van der Waals surface area contributed by atoms with Gasteiger partial charge in [-0.05, 0) is 49.2 Å². The molecule has 1 aliphatic rings. The summed E-state index contributed by atoms with van der Waals surface area (Å²) in [6.07, 6.45) is 2.27. The van der Waals surface area contributed by atoms with Gasteiger partial charge in [0, 0.05) is 38.8 Å². The minimum absolute atomic E-state index is 0.0564. The van der Waals surface area contributed by atoms with Gasteiger partial charge < -0.3 is 9.64 Å². The van der Waals surface area contributed by atoms with E-state index in [1.165, 1.54) is 49.0 Å². The SMILES string of the molecule is COc1ccccc1N(C)S(=O)(=O)c1ccc(C(=O)N2CCC(N(C)S(C)(=O)=O)CC2)cc1. The lowest BCUT2D eigenvalue weighted by Gasteiger charge is -2.35. The predicted molar refractivity (Wildman–Crippen MR) is 127 cm³/mol. The summed E-state index contributed by atoms with van der Waals surface area (Å²) in [6, 6.07) is 12.5. The summed E-state index contributed by atoms with van der Waals surface area (Å²) < 4.78 is 57.4. The minimum Gasteiger partial charge on any atom is -0.495 e. The standard InChI is InChI=1S/C22H29N3O6S2/c1-23(32(4,27)28)18-13-15-25(16-14-18)22(26)17-9-11-19(12-10-17)33(29,30)24(2)20-7-5-6-8-21(20)31-3/h5-12,18H,13-16H2,1-4H3. The number of hydrogen-bond acceptors (Lipinski definition) is 6. The van der Waals surface area contributed by atoms with Crippen molar-refractivity contribution in [3.05, 3.63) is 54.1 Å². The van der Waals surface area contributed by atoms with Gasteiger partial charge in [-0.2, -0.15) is 0 Å². The van der Waals surface area contributed by atoms with Crippen molar-refractivity contribution in [2.45, 2.75) is 23.8 Å². The Morgan fingerprint density at radius 1 is 0.970 bits per heavy atom. The quantitative estimate of drug-likeness (QED) is 0.582. The normalized spacial score (nSPS) is 15.5. The lowest BCUT2D eigenvalue weighted by atomic mass is 10.0. The molecule has 0 spiro atoms. The number of methoxy groups -OCH3 is 1. The van der Waals surface area contributed by atoms with Crippen LogP contribution in [0.4, 0.5) is 5.69 Å². The van der Waals surface area contributed by atoms with Crippen molar-refractivity contribution in [2.75, 3.05) is 44.9 Å². The Hall–Kier alpha value is -2.63. The van der Waals surface area contributed by atoms with Gasteiger partial charge in [0.2, 0.25) is 10.0 Å². The van der Waals surface area contributed by atoms with Gasteiger partial charge in [-0.1, -0.05) is 12.1 Å². The molecule has 0 radical (unpaired) electrons. The number of piperidine rings is 1. The maximum atomic E-state index is 13.1. The van der Waals surface area contributed by atoms with Crippen LogP contribution in [0.3, 0.4) is 0 Å². The van der Waals surface area contributed by atoms with Gasteiger partial charge in [0.1, 0.15) is 5.75 Å². The third kappa shape index (κ3) is 5.31. The number of ether oxygens (including phenoxy) is 1. The molecule has 33 heavy (non-hydrogen) atoms. The molecule has 11 heteroatoms. The minimum atomic E-state index is -3.86. The van der Waals surface area contributed by atoms with E-state index in [2.05, 4.69) is 0 Å². The molecule has 1 heterocycles. The fraction of sp³-hybridized carbons (Fsp3) is 0.409. The molecule has 0 aliphatic carbocycles. The van der Waals surface area contributed by atoms with Crippen LogP contribution >= 0.6 is 0 Å². The van der Waals surface area contributed by atoms with Crippen LogP contribution < -0.4 is 9.04 Å².